The van der Waals surface area contributed by atoms with Crippen LogP contribution in [0.15, 0.2) is 0 Å². The lowest BCUT2D eigenvalue weighted by Crippen LogP contribution is -2.47. The second-order valence-electron chi connectivity index (χ2n) is 5.42. The van der Waals surface area contributed by atoms with E-state index in [0.29, 0.717) is 6.10 Å². The highest BCUT2D eigenvalue weighted by Gasteiger charge is 2.29. The monoisotopic (exact) mass is 226 g/mol. The smallest absolute Gasteiger partial charge is 0.0586 e. The van der Waals surface area contributed by atoms with Crippen LogP contribution in [0.25, 0.3) is 0 Å². The molecule has 1 saturated carbocycles. The Morgan fingerprint density at radius 3 is 2.88 bits per heavy atom. The zero-order valence-corrected chi connectivity index (χ0v) is 10.5. The molecule has 3 atom stereocenters. The lowest BCUT2D eigenvalue weighted by molar-refractivity contribution is 0.0157. The number of rotatable bonds is 3. The average molecular weight is 226 g/mol. The van der Waals surface area contributed by atoms with E-state index in [4.69, 9.17) is 10.5 Å². The Labute approximate surface area is 99.3 Å². The van der Waals surface area contributed by atoms with Crippen molar-refractivity contribution in [3.8, 4) is 0 Å². The first-order valence-electron chi connectivity index (χ1n) is 6.80. The molecule has 0 spiro atoms. The van der Waals surface area contributed by atoms with Crippen LogP contribution < -0.4 is 5.73 Å². The molecular weight excluding hydrogens is 200 g/mol. The third-order valence-corrected chi connectivity index (χ3v) is 4.33. The van der Waals surface area contributed by atoms with Crippen molar-refractivity contribution < 1.29 is 4.74 Å². The topological polar surface area (TPSA) is 38.5 Å². The quantitative estimate of drug-likeness (QED) is 0.794. The summed E-state index contributed by atoms with van der Waals surface area (Å²) in [6, 6.07) is 0.757. The van der Waals surface area contributed by atoms with Crippen LogP contribution >= 0.6 is 0 Å². The second kappa shape index (κ2) is 5.99. The van der Waals surface area contributed by atoms with E-state index in [1.165, 1.54) is 51.6 Å². The fraction of sp³-hybridized carbons (Fsp3) is 1.00. The van der Waals surface area contributed by atoms with Gasteiger partial charge in [-0.25, -0.2) is 0 Å². The van der Waals surface area contributed by atoms with Crippen LogP contribution in [0.1, 0.15) is 38.5 Å². The Balaban J connectivity index is 1.85. The number of piperidine rings is 1. The lowest BCUT2D eigenvalue weighted by atomic mass is 9.88. The van der Waals surface area contributed by atoms with E-state index in [-0.39, 0.29) is 0 Å². The molecule has 2 aliphatic rings. The van der Waals surface area contributed by atoms with E-state index < -0.39 is 0 Å². The summed E-state index contributed by atoms with van der Waals surface area (Å²) in [7, 11) is 1.85. The molecule has 3 nitrogen and oxygen atoms in total. The fourth-order valence-electron chi connectivity index (χ4n) is 3.29. The summed E-state index contributed by atoms with van der Waals surface area (Å²) in [6.45, 7) is 3.35. The zero-order chi connectivity index (χ0) is 11.4. The molecule has 0 amide bonds. The Hall–Kier alpha value is -0.120. The van der Waals surface area contributed by atoms with Crippen molar-refractivity contribution in [3.05, 3.63) is 0 Å². The predicted octanol–water partition coefficient (Wildman–Crippen LogP) is 1.61. The molecule has 0 aromatic carbocycles. The van der Waals surface area contributed by atoms with Crippen LogP contribution in [0.4, 0.5) is 0 Å². The van der Waals surface area contributed by atoms with Crippen molar-refractivity contribution in [3.63, 3.8) is 0 Å². The minimum absolute atomic E-state index is 0.497. The second-order valence-corrected chi connectivity index (χ2v) is 5.42. The molecule has 2 fully saturated rings. The molecule has 0 bridgehead atoms. The Kier molecular flexibility index (Phi) is 4.62. The maximum atomic E-state index is 5.80. The van der Waals surface area contributed by atoms with E-state index in [0.717, 1.165) is 18.5 Å². The van der Waals surface area contributed by atoms with Gasteiger partial charge in [-0.15, -0.1) is 0 Å². The summed E-state index contributed by atoms with van der Waals surface area (Å²) in [4.78, 5) is 2.67. The van der Waals surface area contributed by atoms with Crippen LogP contribution in [0, 0.1) is 5.92 Å². The third kappa shape index (κ3) is 2.96. The average Bonchev–Trinajstić information content (AvgIpc) is 2.39. The number of hydrogen-bond donors (Lipinski definition) is 1. The normalized spacial score (nSPS) is 37.5. The van der Waals surface area contributed by atoms with E-state index in [1.807, 2.05) is 7.11 Å². The van der Waals surface area contributed by atoms with E-state index >= 15 is 0 Å². The summed E-state index contributed by atoms with van der Waals surface area (Å²) < 4.78 is 5.51. The predicted molar refractivity (Wildman–Crippen MR) is 66.4 cm³/mol. The number of hydrogen-bond acceptors (Lipinski definition) is 3. The Bertz CT molecular complexity index is 188. The van der Waals surface area contributed by atoms with Gasteiger partial charge in [0.1, 0.15) is 0 Å². The fourth-order valence-corrected chi connectivity index (χ4v) is 3.29. The summed E-state index contributed by atoms with van der Waals surface area (Å²) in [5.41, 5.74) is 5.80. The summed E-state index contributed by atoms with van der Waals surface area (Å²) in [5, 5.41) is 0. The molecule has 1 heterocycles. The molecule has 0 aromatic heterocycles. The van der Waals surface area contributed by atoms with Crippen LogP contribution in [0.3, 0.4) is 0 Å². The first-order chi connectivity index (χ1) is 7.83. The van der Waals surface area contributed by atoms with Gasteiger partial charge >= 0.3 is 0 Å². The van der Waals surface area contributed by atoms with E-state index in [9.17, 15) is 0 Å². The highest BCUT2D eigenvalue weighted by Crippen LogP contribution is 2.28. The van der Waals surface area contributed by atoms with Crippen LogP contribution in [-0.4, -0.2) is 43.8 Å². The summed E-state index contributed by atoms with van der Waals surface area (Å²) >= 11 is 0. The first-order valence-corrected chi connectivity index (χ1v) is 6.80. The van der Waals surface area contributed by atoms with Crippen LogP contribution in [0.5, 0.6) is 0 Å². The number of ether oxygens (including phenoxy) is 1. The molecule has 2 N–H and O–H groups in total. The van der Waals surface area contributed by atoms with E-state index in [1.54, 1.807) is 0 Å². The molecule has 0 radical (unpaired) electrons. The maximum Gasteiger partial charge on any atom is 0.0586 e. The first kappa shape index (κ1) is 12.3. The van der Waals surface area contributed by atoms with Gasteiger partial charge in [-0.05, 0) is 57.5 Å². The Morgan fingerprint density at radius 1 is 1.25 bits per heavy atom. The van der Waals surface area contributed by atoms with Gasteiger partial charge in [-0.3, -0.25) is 4.90 Å². The third-order valence-electron chi connectivity index (χ3n) is 4.33. The van der Waals surface area contributed by atoms with Gasteiger partial charge in [-0.1, -0.05) is 0 Å². The van der Waals surface area contributed by atoms with E-state index in [2.05, 4.69) is 4.90 Å². The number of nitrogens with zero attached hydrogens (tertiary/aromatic N) is 1. The molecule has 3 unspecified atom stereocenters. The molecule has 1 aliphatic heterocycles. The molecule has 1 saturated heterocycles. The Morgan fingerprint density at radius 2 is 2.12 bits per heavy atom. The van der Waals surface area contributed by atoms with Crippen molar-refractivity contribution in [2.24, 2.45) is 11.7 Å². The molecule has 2 rings (SSSR count). The molecule has 3 heteroatoms. The van der Waals surface area contributed by atoms with Crippen LogP contribution in [-0.2, 0) is 4.74 Å². The van der Waals surface area contributed by atoms with Gasteiger partial charge in [0, 0.05) is 19.7 Å². The van der Waals surface area contributed by atoms with Crippen molar-refractivity contribution in [2.45, 2.75) is 50.7 Å². The van der Waals surface area contributed by atoms with Gasteiger partial charge in [0.25, 0.3) is 0 Å². The van der Waals surface area contributed by atoms with Crippen molar-refractivity contribution >= 4 is 0 Å². The number of likely N-dealkylation sites (tertiary alicyclic amines) is 1. The van der Waals surface area contributed by atoms with Gasteiger partial charge in [0.15, 0.2) is 0 Å². The SMILES string of the molecule is COC1CCCC(N2CCCC(CN)C2)C1. The van der Waals surface area contributed by atoms with Crippen molar-refractivity contribution in [1.82, 2.24) is 4.90 Å². The highest BCUT2D eigenvalue weighted by molar-refractivity contribution is 4.84. The molecule has 1 aliphatic carbocycles. The zero-order valence-electron chi connectivity index (χ0n) is 10.5. The standard InChI is InChI=1S/C13H26N2O/c1-16-13-6-2-5-12(8-13)15-7-3-4-11(9-14)10-15/h11-13H,2-10,14H2,1H3. The van der Waals surface area contributed by atoms with Gasteiger partial charge in [0.2, 0.25) is 0 Å². The number of methoxy groups -OCH3 is 1. The molecule has 94 valence electrons. The molecule has 0 aromatic rings. The minimum Gasteiger partial charge on any atom is -0.381 e. The van der Waals surface area contributed by atoms with Gasteiger partial charge in [0.05, 0.1) is 6.10 Å². The largest absolute Gasteiger partial charge is 0.381 e. The van der Waals surface area contributed by atoms with Crippen LogP contribution in [0.2, 0.25) is 0 Å². The highest BCUT2D eigenvalue weighted by atomic mass is 16.5. The van der Waals surface area contributed by atoms with Crippen molar-refractivity contribution in [2.75, 3.05) is 26.7 Å². The maximum absolute atomic E-state index is 5.80. The minimum atomic E-state index is 0.497. The summed E-state index contributed by atoms with van der Waals surface area (Å²) in [6.07, 6.45) is 8.32. The van der Waals surface area contributed by atoms with Gasteiger partial charge in [-0.2, -0.15) is 0 Å². The molecular formula is C13H26N2O. The molecule has 16 heavy (non-hydrogen) atoms. The van der Waals surface area contributed by atoms with Gasteiger partial charge < -0.3 is 10.5 Å². The summed E-state index contributed by atoms with van der Waals surface area (Å²) in [5.74, 6) is 0.733. The lowest BCUT2D eigenvalue weighted by Gasteiger charge is -2.41. The number of nitrogens with two attached hydrogens (primary N) is 1. The van der Waals surface area contributed by atoms with Crippen molar-refractivity contribution in [1.29, 1.82) is 0 Å².